The number of hydrogen-bond donors (Lipinski definition) is 2. The molecule has 0 unspecified atom stereocenters. The standard InChI is InChI=1S/C69H57F3N6O7S3/c1-67(2,65(82)84-60(48-28-14-5-15-29-48)49-30-16-6-17-31-49)85-76-56(55-44-88-66(73-55)75-69(51-32-18-7-19-33-51,52-34-20-8-21-35-52)53-36-22-9-23-37-53)61(79)74-57-62(80)78-58(64(81)83-59(46-24-10-3-11-25-46)47-26-12-4-13-27-47)50(43-87-63(57)78)42-86-54-38-40-77(41-39-54)45-68(70,71)72/h3-41,44,57,59-60,63H,42-43,45H2,1-2H3,(H-,73,74,75,79)/p+1/t57-,63-/m1/s1. The van der Waals surface area contributed by atoms with Crippen molar-refractivity contribution in [3.05, 3.63) is 298 Å². The van der Waals surface area contributed by atoms with Gasteiger partial charge in [-0.15, -0.1) is 34.9 Å². The fraction of sp³-hybridized carbons (Fsp3) is 0.174. The number of alkyl halides is 3. The zero-order chi connectivity index (χ0) is 61.3. The molecule has 2 N–H and O–H groups in total. The quantitative estimate of drug-likeness (QED) is 0.0127. The van der Waals surface area contributed by atoms with E-state index in [0.29, 0.717) is 37.9 Å². The average molecular weight is 1240 g/mol. The van der Waals surface area contributed by atoms with Crippen LogP contribution in [0.4, 0.5) is 18.3 Å². The molecule has 2 atom stereocenters. The van der Waals surface area contributed by atoms with Gasteiger partial charge in [0.1, 0.15) is 28.3 Å². The number of β-lactam (4-membered cyclic amide) rings is 1. The first-order valence-electron chi connectivity index (χ1n) is 28.1. The Morgan fingerprint density at radius 1 is 0.670 bits per heavy atom. The van der Waals surface area contributed by atoms with Crippen molar-refractivity contribution in [2.45, 2.75) is 66.2 Å². The number of nitrogens with zero attached hydrogens (tertiary/aromatic N) is 4. The van der Waals surface area contributed by atoms with Gasteiger partial charge in [0.25, 0.3) is 11.8 Å². The molecule has 0 bridgehead atoms. The van der Waals surface area contributed by atoms with E-state index >= 15 is 4.79 Å². The molecule has 13 nitrogen and oxygen atoms in total. The third-order valence-electron chi connectivity index (χ3n) is 14.8. The van der Waals surface area contributed by atoms with Crippen LogP contribution in [0.15, 0.2) is 264 Å². The Kier molecular flexibility index (Phi) is 18.4. The third kappa shape index (κ3) is 13.6. The first kappa shape index (κ1) is 60.4. The summed E-state index contributed by atoms with van der Waals surface area (Å²) < 4.78 is 53.4. The molecule has 2 aliphatic rings. The molecule has 0 saturated carbocycles. The zero-order valence-electron chi connectivity index (χ0n) is 47.5. The van der Waals surface area contributed by atoms with Crippen LogP contribution in [0.25, 0.3) is 0 Å². The number of aromatic nitrogens is 2. The third-order valence-corrected chi connectivity index (χ3v) is 18.0. The number of pyridine rings is 1. The maximum Gasteiger partial charge on any atom is 0.448 e. The van der Waals surface area contributed by atoms with E-state index < -0.39 is 71.2 Å². The van der Waals surface area contributed by atoms with E-state index in [0.717, 1.165) is 21.3 Å². The molecule has 88 heavy (non-hydrogen) atoms. The zero-order valence-corrected chi connectivity index (χ0v) is 50.0. The van der Waals surface area contributed by atoms with Gasteiger partial charge in [-0.05, 0) is 58.4 Å². The Balaban J connectivity index is 0.924. The van der Waals surface area contributed by atoms with Gasteiger partial charge in [0.15, 0.2) is 35.4 Å². The number of benzene rings is 7. The lowest BCUT2D eigenvalue weighted by Gasteiger charge is -2.49. The minimum Gasteiger partial charge on any atom is -0.450 e. The first-order valence-corrected chi connectivity index (χ1v) is 31.0. The Morgan fingerprint density at radius 2 is 1.12 bits per heavy atom. The number of anilines is 1. The lowest BCUT2D eigenvalue weighted by molar-refractivity contribution is -0.719. The number of halogens is 3. The number of thiazole rings is 1. The summed E-state index contributed by atoms with van der Waals surface area (Å²) in [6, 6.07) is 68.5. The Morgan fingerprint density at radius 3 is 1.59 bits per heavy atom. The summed E-state index contributed by atoms with van der Waals surface area (Å²) in [4.78, 5) is 72.6. The van der Waals surface area contributed by atoms with Gasteiger partial charge in [0.2, 0.25) is 12.1 Å². The van der Waals surface area contributed by atoms with E-state index in [2.05, 4.69) is 15.8 Å². The van der Waals surface area contributed by atoms with Crippen LogP contribution < -0.4 is 15.2 Å². The number of nitrogens with one attached hydrogen (secondary N) is 2. The van der Waals surface area contributed by atoms with Gasteiger partial charge in [-0.1, -0.05) is 217 Å². The van der Waals surface area contributed by atoms with Crippen molar-refractivity contribution in [1.29, 1.82) is 0 Å². The number of oxime groups is 1. The molecule has 1 fully saturated rings. The van der Waals surface area contributed by atoms with Crippen molar-refractivity contribution in [3.8, 4) is 0 Å². The molecule has 2 amide bonds. The van der Waals surface area contributed by atoms with Crippen LogP contribution in [-0.2, 0) is 45.6 Å². The summed E-state index contributed by atoms with van der Waals surface area (Å²) in [6.45, 7) is 1.79. The molecular formula is C69H58F3N6O7S3+. The number of fused-ring (bicyclic) bond motifs is 1. The van der Waals surface area contributed by atoms with Gasteiger partial charge in [-0.3, -0.25) is 14.5 Å². The Hall–Kier alpha value is -9.30. The van der Waals surface area contributed by atoms with E-state index in [1.807, 2.05) is 212 Å². The van der Waals surface area contributed by atoms with Gasteiger partial charge in [-0.25, -0.2) is 14.6 Å². The number of amides is 2. The van der Waals surface area contributed by atoms with E-state index in [-0.39, 0.29) is 28.6 Å². The minimum atomic E-state index is -4.41. The van der Waals surface area contributed by atoms with E-state index in [4.69, 9.17) is 19.3 Å². The highest BCUT2D eigenvalue weighted by molar-refractivity contribution is 8.01. The molecule has 4 heterocycles. The summed E-state index contributed by atoms with van der Waals surface area (Å²) in [5.74, 6) is -2.71. The van der Waals surface area contributed by atoms with E-state index in [9.17, 15) is 27.6 Å². The van der Waals surface area contributed by atoms with Crippen molar-refractivity contribution in [1.82, 2.24) is 15.2 Å². The van der Waals surface area contributed by atoms with Crippen molar-refractivity contribution in [2.75, 3.05) is 16.8 Å². The largest absolute Gasteiger partial charge is 0.450 e. The predicted octanol–water partition coefficient (Wildman–Crippen LogP) is 13.0. The number of carbonyl (C=O) groups excluding carboxylic acids is 4. The summed E-state index contributed by atoms with van der Waals surface area (Å²) in [6.07, 6.45) is -3.46. The van der Waals surface area contributed by atoms with Crippen LogP contribution in [0.1, 0.15) is 70.7 Å². The van der Waals surface area contributed by atoms with Crippen LogP contribution >= 0.6 is 34.9 Å². The van der Waals surface area contributed by atoms with Crippen LogP contribution in [0, 0.1) is 0 Å². The molecule has 2 aliphatic heterocycles. The van der Waals surface area contributed by atoms with Crippen molar-refractivity contribution in [2.24, 2.45) is 5.16 Å². The van der Waals surface area contributed by atoms with Crippen molar-refractivity contribution < 1.29 is 51.2 Å². The summed E-state index contributed by atoms with van der Waals surface area (Å²) >= 11 is 3.80. The van der Waals surface area contributed by atoms with Crippen LogP contribution in [0.5, 0.6) is 0 Å². The summed E-state index contributed by atoms with van der Waals surface area (Å²) in [7, 11) is 0. The molecule has 1 saturated heterocycles. The highest BCUT2D eigenvalue weighted by atomic mass is 32.2. The molecule has 19 heteroatoms. The van der Waals surface area contributed by atoms with Gasteiger partial charge in [0.05, 0.1) is 0 Å². The Bertz CT molecular complexity index is 3770. The van der Waals surface area contributed by atoms with Gasteiger partial charge < -0.3 is 24.9 Å². The molecule has 2 aromatic heterocycles. The topological polar surface area (TPSA) is 152 Å². The number of hydrogen-bond acceptors (Lipinski definition) is 13. The lowest BCUT2D eigenvalue weighted by Crippen LogP contribution is -2.71. The predicted molar refractivity (Wildman–Crippen MR) is 334 cm³/mol. The monoisotopic (exact) mass is 1240 g/mol. The number of rotatable bonds is 22. The van der Waals surface area contributed by atoms with Gasteiger partial charge in [0, 0.05) is 33.9 Å². The molecule has 7 aromatic carbocycles. The maximum absolute atomic E-state index is 15.2. The number of thioether (sulfide) groups is 2. The molecule has 0 aliphatic carbocycles. The molecule has 444 valence electrons. The SMILES string of the molecule is CC(C)(ON=C(C(=O)N[C@@H]1C(=O)N2C(C(=O)OC(c3ccccc3)c3ccccc3)=C(CSc3cc[n+](CC(F)(F)F)cc3)CS[C@H]12)c1csc(NC(c2ccccc2)(c2ccccc2)c2ccccc2)n1)C(=O)OC(c1ccccc1)c1ccccc1. The van der Waals surface area contributed by atoms with Crippen molar-refractivity contribution >= 4 is 69.5 Å². The summed E-state index contributed by atoms with van der Waals surface area (Å²) in [5, 5.41) is 12.2. The van der Waals surface area contributed by atoms with E-state index in [1.54, 1.807) is 17.5 Å². The molecular weight excluding hydrogens is 1180 g/mol. The normalized spacial score (nSPS) is 15.3. The second kappa shape index (κ2) is 26.8. The highest BCUT2D eigenvalue weighted by Crippen LogP contribution is 2.44. The number of ether oxygens (including phenoxy) is 2. The van der Waals surface area contributed by atoms with Gasteiger partial charge >= 0.3 is 18.1 Å². The van der Waals surface area contributed by atoms with Crippen LogP contribution in [-0.4, -0.2) is 74.0 Å². The first-order chi connectivity index (χ1) is 42.6. The Labute approximate surface area is 519 Å². The van der Waals surface area contributed by atoms with Gasteiger partial charge in [-0.2, -0.15) is 17.7 Å². The highest BCUT2D eigenvalue weighted by Gasteiger charge is 2.55. The maximum atomic E-state index is 15.2. The molecule has 0 radical (unpaired) electrons. The van der Waals surface area contributed by atoms with E-state index in [1.165, 1.54) is 66.0 Å². The molecule has 0 spiro atoms. The summed E-state index contributed by atoms with van der Waals surface area (Å²) in [5.41, 5.74) is 2.85. The van der Waals surface area contributed by atoms with Crippen LogP contribution in [0.3, 0.4) is 0 Å². The smallest absolute Gasteiger partial charge is 0.448 e. The number of carbonyl (C=O) groups is 4. The molecule has 9 aromatic rings. The fourth-order valence-corrected chi connectivity index (χ4v) is 13.5. The lowest BCUT2D eigenvalue weighted by atomic mass is 9.77. The van der Waals surface area contributed by atoms with Crippen LogP contribution in [0.2, 0.25) is 0 Å². The minimum absolute atomic E-state index is 0.0116. The average Bonchev–Trinajstić information content (AvgIpc) is 0.819. The number of esters is 2. The second-order valence-electron chi connectivity index (χ2n) is 21.2. The second-order valence-corrected chi connectivity index (χ2v) is 24.2. The van der Waals surface area contributed by atoms with Crippen molar-refractivity contribution in [3.63, 3.8) is 0 Å². The molecule has 11 rings (SSSR count). The fourth-order valence-electron chi connectivity index (χ4n) is 10.4.